The molecule has 0 aliphatic heterocycles. The van der Waals surface area contributed by atoms with Crippen LogP contribution in [-0.2, 0) is 11.0 Å². The number of carbonyl (C=O) groups excluding carboxylic acids is 1. The summed E-state index contributed by atoms with van der Waals surface area (Å²) in [7, 11) is 0. The first kappa shape index (κ1) is 17.6. The van der Waals surface area contributed by atoms with Crippen molar-refractivity contribution in [2.45, 2.75) is 19.5 Å². The van der Waals surface area contributed by atoms with Crippen LogP contribution >= 0.6 is 11.8 Å². The fraction of sp³-hybridized carbons (Fsp3) is 0.429. The Bertz CT molecular complexity index is 541. The molecule has 0 saturated carbocycles. The van der Waals surface area contributed by atoms with Crippen LogP contribution in [0.25, 0.3) is 0 Å². The van der Waals surface area contributed by atoms with Crippen LogP contribution in [0.2, 0.25) is 0 Å². The van der Waals surface area contributed by atoms with Crippen molar-refractivity contribution < 1.29 is 27.9 Å². The normalized spacial score (nSPS) is 13.0. The van der Waals surface area contributed by atoms with E-state index in [2.05, 4.69) is 0 Å². The molecule has 0 aliphatic carbocycles. The van der Waals surface area contributed by atoms with E-state index >= 15 is 0 Å². The van der Waals surface area contributed by atoms with E-state index < -0.39 is 29.4 Å². The maximum absolute atomic E-state index is 12.7. The van der Waals surface area contributed by atoms with E-state index in [4.69, 9.17) is 5.11 Å². The number of rotatable bonds is 6. The van der Waals surface area contributed by atoms with Crippen molar-refractivity contribution in [2.75, 3.05) is 12.0 Å². The van der Waals surface area contributed by atoms with Gasteiger partial charge in [-0.25, -0.2) is 0 Å². The Labute approximate surface area is 124 Å². The van der Waals surface area contributed by atoms with E-state index in [1.165, 1.54) is 18.7 Å². The molecule has 21 heavy (non-hydrogen) atoms. The summed E-state index contributed by atoms with van der Waals surface area (Å²) in [5.41, 5.74) is -0.925. The standard InChI is InChI=1S/C14H15F3O3S/c1-8-7-9(3-4-11(8)14(15,16)17)12(18)10(13(19)20)5-6-21-2/h3-4,7,10H,5-6H2,1-2H3,(H,19,20). The van der Waals surface area contributed by atoms with Gasteiger partial charge in [-0.05, 0) is 43.0 Å². The van der Waals surface area contributed by atoms with Gasteiger partial charge in [-0.1, -0.05) is 6.07 Å². The lowest BCUT2D eigenvalue weighted by Crippen LogP contribution is -2.25. The van der Waals surface area contributed by atoms with Crippen molar-refractivity contribution in [3.63, 3.8) is 0 Å². The van der Waals surface area contributed by atoms with Crippen LogP contribution in [0.5, 0.6) is 0 Å². The van der Waals surface area contributed by atoms with Crippen LogP contribution in [0.15, 0.2) is 18.2 Å². The summed E-state index contributed by atoms with van der Waals surface area (Å²) in [5, 5.41) is 9.07. The van der Waals surface area contributed by atoms with Crippen LogP contribution in [0.4, 0.5) is 13.2 Å². The van der Waals surface area contributed by atoms with Gasteiger partial charge < -0.3 is 5.11 Å². The fourth-order valence-corrected chi connectivity index (χ4v) is 2.41. The molecule has 3 nitrogen and oxygen atoms in total. The number of hydrogen-bond donors (Lipinski definition) is 1. The van der Waals surface area contributed by atoms with Gasteiger partial charge in [-0.15, -0.1) is 0 Å². The third kappa shape index (κ3) is 4.49. The number of aryl methyl sites for hydroxylation is 1. The molecule has 0 saturated heterocycles. The molecule has 1 unspecified atom stereocenters. The molecule has 1 aromatic carbocycles. The number of benzene rings is 1. The van der Waals surface area contributed by atoms with Crippen molar-refractivity contribution in [3.8, 4) is 0 Å². The summed E-state index contributed by atoms with van der Waals surface area (Å²) in [6.07, 6.45) is -2.56. The molecule has 0 aromatic heterocycles. The molecular formula is C14H15F3O3S. The molecule has 116 valence electrons. The maximum atomic E-state index is 12.7. The topological polar surface area (TPSA) is 54.4 Å². The molecular weight excluding hydrogens is 305 g/mol. The quantitative estimate of drug-likeness (QED) is 0.642. The molecule has 0 heterocycles. The van der Waals surface area contributed by atoms with Crippen molar-refractivity contribution in [2.24, 2.45) is 5.92 Å². The Balaban J connectivity index is 3.07. The number of Topliss-reactive ketones (excluding diaryl/α,β-unsaturated/α-hetero) is 1. The van der Waals surface area contributed by atoms with Gasteiger partial charge in [0.05, 0.1) is 5.56 Å². The predicted octanol–water partition coefficient (Wildman–Crippen LogP) is 3.65. The van der Waals surface area contributed by atoms with Crippen molar-refractivity contribution >= 4 is 23.5 Å². The number of thioether (sulfide) groups is 1. The molecule has 0 bridgehead atoms. The minimum Gasteiger partial charge on any atom is -0.481 e. The monoisotopic (exact) mass is 320 g/mol. The Morgan fingerprint density at radius 2 is 1.95 bits per heavy atom. The van der Waals surface area contributed by atoms with Gasteiger partial charge in [0.25, 0.3) is 0 Å². The summed E-state index contributed by atoms with van der Waals surface area (Å²) in [6.45, 7) is 1.25. The van der Waals surface area contributed by atoms with Crippen LogP contribution in [0, 0.1) is 12.8 Å². The fourth-order valence-electron chi connectivity index (χ4n) is 1.94. The van der Waals surface area contributed by atoms with Crippen molar-refractivity contribution in [3.05, 3.63) is 34.9 Å². The highest BCUT2D eigenvalue weighted by Gasteiger charge is 2.33. The summed E-state index contributed by atoms with van der Waals surface area (Å²) < 4.78 is 38.0. The average Bonchev–Trinajstić information content (AvgIpc) is 2.36. The summed E-state index contributed by atoms with van der Waals surface area (Å²) in [4.78, 5) is 23.3. The summed E-state index contributed by atoms with van der Waals surface area (Å²) in [6, 6.07) is 2.95. The maximum Gasteiger partial charge on any atom is 0.416 e. The van der Waals surface area contributed by atoms with Crippen LogP contribution in [0.3, 0.4) is 0 Å². The number of carboxylic acids is 1. The van der Waals surface area contributed by atoms with Gasteiger partial charge in [-0.2, -0.15) is 24.9 Å². The van der Waals surface area contributed by atoms with Gasteiger partial charge in [-0.3, -0.25) is 9.59 Å². The second kappa shape index (κ2) is 6.98. The Hall–Kier alpha value is -1.50. The zero-order valence-corrected chi connectivity index (χ0v) is 12.3. The van der Waals surface area contributed by atoms with Gasteiger partial charge in [0, 0.05) is 5.56 Å². The Kier molecular flexibility index (Phi) is 5.83. The molecule has 1 N–H and O–H groups in total. The number of carbonyl (C=O) groups is 2. The number of aliphatic carboxylic acids is 1. The number of hydrogen-bond acceptors (Lipinski definition) is 3. The number of halogens is 3. The van der Waals surface area contributed by atoms with E-state index in [0.717, 1.165) is 18.2 Å². The molecule has 0 aliphatic rings. The molecule has 1 aromatic rings. The average molecular weight is 320 g/mol. The molecule has 0 fully saturated rings. The lowest BCUT2D eigenvalue weighted by Gasteiger charge is -2.14. The first-order chi connectivity index (χ1) is 9.68. The Morgan fingerprint density at radius 3 is 2.38 bits per heavy atom. The molecule has 7 heteroatoms. The highest BCUT2D eigenvalue weighted by atomic mass is 32.2. The van der Waals surface area contributed by atoms with Gasteiger partial charge >= 0.3 is 12.1 Å². The van der Waals surface area contributed by atoms with Gasteiger partial charge in [0.15, 0.2) is 5.78 Å². The van der Waals surface area contributed by atoms with E-state index in [-0.39, 0.29) is 17.5 Å². The molecule has 0 radical (unpaired) electrons. The van der Waals surface area contributed by atoms with E-state index in [9.17, 15) is 22.8 Å². The summed E-state index contributed by atoms with van der Waals surface area (Å²) >= 11 is 1.40. The van der Waals surface area contributed by atoms with Gasteiger partial charge in [0.2, 0.25) is 0 Å². The van der Waals surface area contributed by atoms with Crippen LogP contribution in [-0.4, -0.2) is 28.9 Å². The number of alkyl halides is 3. The highest BCUT2D eigenvalue weighted by molar-refractivity contribution is 7.98. The van der Waals surface area contributed by atoms with Gasteiger partial charge in [0.1, 0.15) is 5.92 Å². The summed E-state index contributed by atoms with van der Waals surface area (Å²) in [5.74, 6) is -2.66. The van der Waals surface area contributed by atoms with Crippen molar-refractivity contribution in [1.82, 2.24) is 0 Å². The highest BCUT2D eigenvalue weighted by Crippen LogP contribution is 2.32. The molecule has 0 spiro atoms. The van der Waals surface area contributed by atoms with Crippen LogP contribution < -0.4 is 0 Å². The second-order valence-electron chi connectivity index (χ2n) is 4.56. The van der Waals surface area contributed by atoms with Crippen LogP contribution in [0.1, 0.15) is 27.9 Å². The number of carboxylic acid groups (broad SMARTS) is 1. The lowest BCUT2D eigenvalue weighted by atomic mass is 9.93. The second-order valence-corrected chi connectivity index (χ2v) is 5.55. The minimum atomic E-state index is -4.49. The first-order valence-corrected chi connectivity index (χ1v) is 7.51. The number of ketones is 1. The van der Waals surface area contributed by atoms with Crippen molar-refractivity contribution in [1.29, 1.82) is 0 Å². The largest absolute Gasteiger partial charge is 0.481 e. The lowest BCUT2D eigenvalue weighted by molar-refractivity contribution is -0.140. The molecule has 1 atom stereocenters. The zero-order valence-electron chi connectivity index (χ0n) is 11.5. The van der Waals surface area contributed by atoms with E-state index in [1.54, 1.807) is 6.26 Å². The first-order valence-electron chi connectivity index (χ1n) is 6.12. The smallest absolute Gasteiger partial charge is 0.416 e. The molecule has 1 rings (SSSR count). The molecule has 0 amide bonds. The predicted molar refractivity (Wildman–Crippen MR) is 74.6 cm³/mol. The third-order valence-electron chi connectivity index (χ3n) is 3.04. The third-order valence-corrected chi connectivity index (χ3v) is 3.69. The SMILES string of the molecule is CSCCC(C(=O)O)C(=O)c1ccc(C(F)(F)F)c(C)c1. The Morgan fingerprint density at radius 1 is 1.33 bits per heavy atom. The zero-order chi connectivity index (χ0) is 16.2. The van der Waals surface area contributed by atoms with E-state index in [1.807, 2.05) is 0 Å². The van der Waals surface area contributed by atoms with E-state index in [0.29, 0.717) is 5.75 Å². The minimum absolute atomic E-state index is 0.00555.